The van der Waals surface area contributed by atoms with E-state index in [-0.39, 0.29) is 18.7 Å². The first kappa shape index (κ1) is 24.3. The highest BCUT2D eigenvalue weighted by molar-refractivity contribution is 5.89. The zero-order chi connectivity index (χ0) is 25.2. The van der Waals surface area contributed by atoms with Crippen LogP contribution in [0.1, 0.15) is 61.9 Å². The Kier molecular flexibility index (Phi) is 6.95. The molecule has 1 aromatic heterocycles. The molecule has 2 fully saturated rings. The molecule has 0 spiro atoms. The topological polar surface area (TPSA) is 111 Å². The van der Waals surface area contributed by atoms with Crippen LogP contribution in [-0.2, 0) is 11.3 Å². The maximum absolute atomic E-state index is 12.1. The molecule has 3 aliphatic rings. The van der Waals surface area contributed by atoms with Gasteiger partial charge in [0.05, 0.1) is 11.6 Å². The van der Waals surface area contributed by atoms with E-state index in [2.05, 4.69) is 51.4 Å². The number of ether oxygens (including phenoxy) is 1. The van der Waals surface area contributed by atoms with E-state index in [1.165, 1.54) is 28.2 Å². The van der Waals surface area contributed by atoms with E-state index < -0.39 is 6.09 Å². The summed E-state index contributed by atoms with van der Waals surface area (Å²) in [5.41, 5.74) is 3.20. The van der Waals surface area contributed by atoms with Crippen molar-refractivity contribution in [1.29, 1.82) is 0 Å². The average molecular weight is 495 g/mol. The zero-order valence-corrected chi connectivity index (χ0v) is 20.9. The first-order chi connectivity index (χ1) is 17.4. The van der Waals surface area contributed by atoms with Crippen molar-refractivity contribution in [3.05, 3.63) is 47.2 Å². The standard InChI is InChI=1S/C26H34N6O4/c1-3-32-23-21(16-36-26(32)35)15-27-24(29-23)28-17(2)19-6-8-20(9-7-19)22(14-18-4-5-18)30-10-12-31(13-11-30)25(33)34/h6-9,15,17-18,22H,3-5,10-14,16H2,1-2H3,(H,33,34)(H,27,28,29)/t17-,22-/m0/s1. The highest BCUT2D eigenvalue weighted by Crippen LogP contribution is 2.40. The Morgan fingerprint density at radius 2 is 1.86 bits per heavy atom. The van der Waals surface area contributed by atoms with Crippen molar-refractivity contribution in [3.8, 4) is 0 Å². The third-order valence-corrected chi connectivity index (χ3v) is 7.43. The molecule has 3 heterocycles. The Morgan fingerprint density at radius 1 is 1.17 bits per heavy atom. The van der Waals surface area contributed by atoms with E-state index in [4.69, 9.17) is 4.74 Å². The number of cyclic esters (lactones) is 1. The number of anilines is 2. The highest BCUT2D eigenvalue weighted by Gasteiger charge is 2.32. The number of rotatable bonds is 8. The van der Waals surface area contributed by atoms with Gasteiger partial charge in [0.2, 0.25) is 5.95 Å². The number of carboxylic acid groups (broad SMARTS) is 1. The van der Waals surface area contributed by atoms with Crippen LogP contribution >= 0.6 is 0 Å². The average Bonchev–Trinajstić information content (AvgIpc) is 3.72. The SMILES string of the molecule is CCN1C(=O)OCc2cnc(N[C@@H](C)c3ccc([C@H](CC4CC4)N4CCN(C(=O)O)CC4)cc3)nc21. The minimum absolute atomic E-state index is 0.0243. The second kappa shape index (κ2) is 10.3. The van der Waals surface area contributed by atoms with Gasteiger partial charge in [0.15, 0.2) is 0 Å². The van der Waals surface area contributed by atoms with Gasteiger partial charge in [-0.2, -0.15) is 4.98 Å². The molecule has 1 aliphatic carbocycles. The number of hydrogen-bond acceptors (Lipinski definition) is 7. The van der Waals surface area contributed by atoms with E-state index in [0.717, 1.165) is 36.6 Å². The van der Waals surface area contributed by atoms with Crippen molar-refractivity contribution in [3.63, 3.8) is 0 Å². The lowest BCUT2D eigenvalue weighted by Crippen LogP contribution is -2.49. The lowest BCUT2D eigenvalue weighted by Gasteiger charge is -2.38. The van der Waals surface area contributed by atoms with Crippen molar-refractivity contribution in [2.75, 3.05) is 42.9 Å². The maximum atomic E-state index is 12.1. The van der Waals surface area contributed by atoms with E-state index in [0.29, 0.717) is 37.4 Å². The van der Waals surface area contributed by atoms with E-state index >= 15 is 0 Å². The van der Waals surface area contributed by atoms with Crippen LogP contribution in [0, 0.1) is 5.92 Å². The maximum Gasteiger partial charge on any atom is 0.415 e. The summed E-state index contributed by atoms with van der Waals surface area (Å²) in [6.07, 6.45) is 4.20. The molecule has 1 saturated heterocycles. The third kappa shape index (κ3) is 5.23. The second-order valence-electron chi connectivity index (χ2n) is 9.87. The van der Waals surface area contributed by atoms with Gasteiger partial charge in [0.25, 0.3) is 0 Å². The molecular weight excluding hydrogens is 460 g/mol. The van der Waals surface area contributed by atoms with Gasteiger partial charge in [0.1, 0.15) is 12.4 Å². The lowest BCUT2D eigenvalue weighted by atomic mass is 9.96. The number of nitrogens with zero attached hydrogens (tertiary/aromatic N) is 5. The smallest absolute Gasteiger partial charge is 0.415 e. The van der Waals surface area contributed by atoms with Crippen LogP contribution in [0.4, 0.5) is 21.4 Å². The monoisotopic (exact) mass is 494 g/mol. The van der Waals surface area contributed by atoms with Crippen LogP contribution in [0.25, 0.3) is 0 Å². The number of nitrogens with one attached hydrogen (secondary N) is 1. The summed E-state index contributed by atoms with van der Waals surface area (Å²) in [6, 6.07) is 8.99. The lowest BCUT2D eigenvalue weighted by molar-refractivity contribution is 0.0805. The number of fused-ring (bicyclic) bond motifs is 1. The van der Waals surface area contributed by atoms with Gasteiger partial charge in [-0.1, -0.05) is 37.1 Å². The fraction of sp³-hybridized carbons (Fsp3) is 0.538. The Balaban J connectivity index is 1.27. The highest BCUT2D eigenvalue weighted by atomic mass is 16.6. The molecule has 5 rings (SSSR count). The van der Waals surface area contributed by atoms with Crippen LogP contribution in [0.5, 0.6) is 0 Å². The molecule has 0 radical (unpaired) electrons. The first-order valence-corrected chi connectivity index (χ1v) is 12.8. The van der Waals surface area contributed by atoms with Crippen LogP contribution in [0.2, 0.25) is 0 Å². The summed E-state index contributed by atoms with van der Waals surface area (Å²) >= 11 is 0. The number of piperazine rings is 1. The molecule has 36 heavy (non-hydrogen) atoms. The quantitative estimate of drug-likeness (QED) is 0.560. The summed E-state index contributed by atoms with van der Waals surface area (Å²) in [5.74, 6) is 1.84. The normalized spacial score (nSPS) is 19.9. The number of aromatic nitrogens is 2. The summed E-state index contributed by atoms with van der Waals surface area (Å²) < 4.78 is 5.17. The number of carbonyl (C=O) groups excluding carboxylic acids is 1. The summed E-state index contributed by atoms with van der Waals surface area (Å²) in [5, 5.41) is 12.7. The van der Waals surface area contributed by atoms with Gasteiger partial charge in [-0.05, 0) is 37.3 Å². The molecule has 2 N–H and O–H groups in total. The summed E-state index contributed by atoms with van der Waals surface area (Å²) in [7, 11) is 0. The molecular formula is C26H34N6O4. The number of hydrogen-bond donors (Lipinski definition) is 2. The molecule has 192 valence electrons. The summed E-state index contributed by atoms with van der Waals surface area (Å²) in [6.45, 7) is 7.27. The number of carbonyl (C=O) groups is 2. The summed E-state index contributed by atoms with van der Waals surface area (Å²) in [4.78, 5) is 37.8. The minimum atomic E-state index is -0.829. The molecule has 0 unspecified atom stereocenters. The number of benzene rings is 1. The predicted octanol–water partition coefficient (Wildman–Crippen LogP) is 4.26. The van der Waals surface area contributed by atoms with Gasteiger partial charge in [-0.25, -0.2) is 14.6 Å². The molecule has 10 nitrogen and oxygen atoms in total. The van der Waals surface area contributed by atoms with Crippen molar-refractivity contribution in [2.45, 2.75) is 51.8 Å². The van der Waals surface area contributed by atoms with Crippen molar-refractivity contribution in [2.24, 2.45) is 5.92 Å². The van der Waals surface area contributed by atoms with Crippen LogP contribution in [0.15, 0.2) is 30.5 Å². The Morgan fingerprint density at radius 3 is 2.50 bits per heavy atom. The fourth-order valence-electron chi connectivity index (χ4n) is 5.06. The van der Waals surface area contributed by atoms with Gasteiger partial charge in [-0.3, -0.25) is 9.80 Å². The third-order valence-electron chi connectivity index (χ3n) is 7.43. The molecule has 2 amide bonds. The Bertz CT molecular complexity index is 1100. The first-order valence-electron chi connectivity index (χ1n) is 12.8. The van der Waals surface area contributed by atoms with Crippen molar-refractivity contribution < 1.29 is 19.4 Å². The molecule has 10 heteroatoms. The van der Waals surface area contributed by atoms with Gasteiger partial charge in [-0.15, -0.1) is 0 Å². The second-order valence-corrected chi connectivity index (χ2v) is 9.87. The molecule has 1 aromatic carbocycles. The zero-order valence-electron chi connectivity index (χ0n) is 20.9. The van der Waals surface area contributed by atoms with Gasteiger partial charge < -0.3 is 20.1 Å². The molecule has 0 bridgehead atoms. The van der Waals surface area contributed by atoms with Gasteiger partial charge >= 0.3 is 12.2 Å². The van der Waals surface area contributed by atoms with Crippen molar-refractivity contribution in [1.82, 2.24) is 19.8 Å². The molecule has 1 saturated carbocycles. The Hall–Kier alpha value is -3.40. The largest absolute Gasteiger partial charge is 0.465 e. The fourth-order valence-corrected chi connectivity index (χ4v) is 5.06. The van der Waals surface area contributed by atoms with E-state index in [1.54, 1.807) is 6.20 Å². The molecule has 2 atom stereocenters. The van der Waals surface area contributed by atoms with E-state index in [9.17, 15) is 14.7 Å². The van der Waals surface area contributed by atoms with Crippen LogP contribution < -0.4 is 10.2 Å². The Labute approximate surface area is 211 Å². The van der Waals surface area contributed by atoms with Crippen LogP contribution in [0.3, 0.4) is 0 Å². The number of amides is 2. The predicted molar refractivity (Wildman–Crippen MR) is 135 cm³/mol. The van der Waals surface area contributed by atoms with Gasteiger partial charge in [0, 0.05) is 45.0 Å². The van der Waals surface area contributed by atoms with E-state index in [1.807, 2.05) is 6.92 Å². The molecule has 2 aliphatic heterocycles. The molecule has 2 aromatic rings. The van der Waals surface area contributed by atoms with Crippen LogP contribution in [-0.4, -0.2) is 69.8 Å². The van der Waals surface area contributed by atoms with Crippen molar-refractivity contribution >= 4 is 24.0 Å². The minimum Gasteiger partial charge on any atom is -0.465 e.